The highest BCUT2D eigenvalue weighted by atomic mass is 19.1. The van der Waals surface area contributed by atoms with Crippen LogP contribution < -0.4 is 5.73 Å². The molecule has 120 valence electrons. The SMILES string of the molecule is CN(Cc1cc2cc(F)ccc2[nH]1)C(=O)C(N)Cc1cnc[nH]1. The predicted octanol–water partition coefficient (Wildman–Crippen LogP) is 1.56. The molecule has 6 nitrogen and oxygen atoms in total. The van der Waals surface area contributed by atoms with E-state index in [-0.39, 0.29) is 11.7 Å². The van der Waals surface area contributed by atoms with E-state index in [1.54, 1.807) is 30.5 Å². The second kappa shape index (κ2) is 6.21. The van der Waals surface area contributed by atoms with Gasteiger partial charge in [-0.3, -0.25) is 4.79 Å². The minimum Gasteiger partial charge on any atom is -0.357 e. The number of aromatic nitrogens is 3. The zero-order valence-electron chi connectivity index (χ0n) is 12.7. The van der Waals surface area contributed by atoms with Crippen LogP contribution in [0.3, 0.4) is 0 Å². The van der Waals surface area contributed by atoms with Crippen LogP contribution in [0, 0.1) is 5.82 Å². The molecule has 0 bridgehead atoms. The maximum atomic E-state index is 13.2. The van der Waals surface area contributed by atoms with E-state index in [0.717, 1.165) is 22.3 Å². The summed E-state index contributed by atoms with van der Waals surface area (Å²) in [5.41, 5.74) is 8.44. The van der Waals surface area contributed by atoms with Gasteiger partial charge in [-0.25, -0.2) is 9.37 Å². The van der Waals surface area contributed by atoms with Crippen LogP contribution in [-0.4, -0.2) is 38.8 Å². The van der Waals surface area contributed by atoms with Crippen molar-refractivity contribution in [3.63, 3.8) is 0 Å². The number of aromatic amines is 2. The van der Waals surface area contributed by atoms with Gasteiger partial charge < -0.3 is 20.6 Å². The third-order valence-corrected chi connectivity index (χ3v) is 3.73. The number of hydrogen-bond acceptors (Lipinski definition) is 3. The number of halogens is 1. The summed E-state index contributed by atoms with van der Waals surface area (Å²) in [4.78, 5) is 23.9. The topological polar surface area (TPSA) is 90.8 Å². The monoisotopic (exact) mass is 315 g/mol. The molecule has 0 aliphatic carbocycles. The fraction of sp³-hybridized carbons (Fsp3) is 0.250. The molecule has 0 aliphatic heterocycles. The van der Waals surface area contributed by atoms with Gasteiger partial charge in [0.05, 0.1) is 18.9 Å². The number of imidazole rings is 1. The Morgan fingerprint density at radius 2 is 2.22 bits per heavy atom. The lowest BCUT2D eigenvalue weighted by Gasteiger charge is -2.20. The molecule has 0 saturated heterocycles. The van der Waals surface area contributed by atoms with Crippen molar-refractivity contribution in [1.29, 1.82) is 0 Å². The van der Waals surface area contributed by atoms with Gasteiger partial charge in [0, 0.05) is 42.0 Å². The van der Waals surface area contributed by atoms with Crippen molar-refractivity contribution < 1.29 is 9.18 Å². The summed E-state index contributed by atoms with van der Waals surface area (Å²) in [5.74, 6) is -0.446. The first-order valence-electron chi connectivity index (χ1n) is 7.28. The molecule has 7 heteroatoms. The molecule has 1 unspecified atom stereocenters. The van der Waals surface area contributed by atoms with Crippen LogP contribution in [0.2, 0.25) is 0 Å². The molecule has 1 aromatic carbocycles. The van der Waals surface area contributed by atoms with Gasteiger partial charge in [-0.15, -0.1) is 0 Å². The van der Waals surface area contributed by atoms with E-state index in [9.17, 15) is 9.18 Å². The molecule has 4 N–H and O–H groups in total. The second-order valence-corrected chi connectivity index (χ2v) is 5.61. The molecule has 2 heterocycles. The summed E-state index contributed by atoms with van der Waals surface area (Å²) in [6, 6.07) is 5.74. The molecule has 0 fully saturated rings. The van der Waals surface area contributed by atoms with Gasteiger partial charge in [0.25, 0.3) is 0 Å². The minimum absolute atomic E-state index is 0.163. The minimum atomic E-state index is -0.637. The number of hydrogen-bond donors (Lipinski definition) is 3. The predicted molar refractivity (Wildman–Crippen MR) is 85.0 cm³/mol. The fourth-order valence-electron chi connectivity index (χ4n) is 2.59. The number of nitrogens with two attached hydrogens (primary N) is 1. The van der Waals surface area contributed by atoms with Gasteiger partial charge >= 0.3 is 0 Å². The highest BCUT2D eigenvalue weighted by Gasteiger charge is 2.19. The highest BCUT2D eigenvalue weighted by Crippen LogP contribution is 2.17. The van der Waals surface area contributed by atoms with Crippen LogP contribution in [0.4, 0.5) is 4.39 Å². The Bertz CT molecular complexity index is 811. The molecule has 0 saturated carbocycles. The third kappa shape index (κ3) is 3.40. The van der Waals surface area contributed by atoms with E-state index >= 15 is 0 Å². The molecule has 23 heavy (non-hydrogen) atoms. The Balaban J connectivity index is 1.66. The lowest BCUT2D eigenvalue weighted by molar-refractivity contribution is -0.131. The third-order valence-electron chi connectivity index (χ3n) is 3.73. The Morgan fingerprint density at radius 1 is 1.39 bits per heavy atom. The number of amides is 1. The molecule has 3 aromatic rings. The van der Waals surface area contributed by atoms with E-state index in [1.165, 1.54) is 12.1 Å². The number of H-pyrrole nitrogens is 2. The van der Waals surface area contributed by atoms with Crippen molar-refractivity contribution >= 4 is 16.8 Å². The van der Waals surface area contributed by atoms with Gasteiger partial charge in [0.15, 0.2) is 0 Å². The lowest BCUT2D eigenvalue weighted by atomic mass is 10.1. The zero-order chi connectivity index (χ0) is 16.4. The van der Waals surface area contributed by atoms with Crippen LogP contribution in [0.25, 0.3) is 10.9 Å². The summed E-state index contributed by atoms with van der Waals surface area (Å²) in [5, 5.41) is 0.780. The Morgan fingerprint density at radius 3 is 2.96 bits per heavy atom. The fourth-order valence-corrected chi connectivity index (χ4v) is 2.59. The van der Waals surface area contributed by atoms with Crippen molar-refractivity contribution in [3.05, 3.63) is 54.0 Å². The number of nitrogens with zero attached hydrogens (tertiary/aromatic N) is 2. The Labute approximate surface area is 132 Å². The van der Waals surface area contributed by atoms with Gasteiger partial charge in [-0.1, -0.05) is 0 Å². The van der Waals surface area contributed by atoms with Crippen molar-refractivity contribution in [1.82, 2.24) is 19.9 Å². The normalized spacial score (nSPS) is 12.5. The number of likely N-dealkylation sites (N-methyl/N-ethyl adjacent to an activating group) is 1. The molecule has 0 spiro atoms. The van der Waals surface area contributed by atoms with Gasteiger partial charge in [-0.2, -0.15) is 0 Å². The number of nitrogens with one attached hydrogen (secondary N) is 2. The van der Waals surface area contributed by atoms with Gasteiger partial charge in [-0.05, 0) is 24.3 Å². The van der Waals surface area contributed by atoms with E-state index in [2.05, 4.69) is 15.0 Å². The first-order chi connectivity index (χ1) is 11.0. The van der Waals surface area contributed by atoms with E-state index in [4.69, 9.17) is 5.73 Å². The van der Waals surface area contributed by atoms with Crippen molar-refractivity contribution in [2.45, 2.75) is 19.0 Å². The number of rotatable bonds is 5. The van der Waals surface area contributed by atoms with Crippen molar-refractivity contribution in [2.75, 3.05) is 7.05 Å². The average Bonchev–Trinajstić information content (AvgIpc) is 3.14. The first-order valence-corrected chi connectivity index (χ1v) is 7.28. The van der Waals surface area contributed by atoms with Gasteiger partial charge in [0.2, 0.25) is 5.91 Å². The molecular weight excluding hydrogens is 297 g/mol. The van der Waals surface area contributed by atoms with E-state index in [1.807, 2.05) is 6.07 Å². The smallest absolute Gasteiger partial charge is 0.239 e. The van der Waals surface area contributed by atoms with Crippen molar-refractivity contribution in [2.24, 2.45) is 5.73 Å². The van der Waals surface area contributed by atoms with Gasteiger partial charge in [0.1, 0.15) is 5.82 Å². The number of fused-ring (bicyclic) bond motifs is 1. The van der Waals surface area contributed by atoms with Crippen molar-refractivity contribution in [3.8, 4) is 0 Å². The number of carbonyl (C=O) groups is 1. The van der Waals surface area contributed by atoms with Crippen LogP contribution in [0.1, 0.15) is 11.4 Å². The highest BCUT2D eigenvalue weighted by molar-refractivity contribution is 5.82. The molecule has 2 aromatic heterocycles. The summed E-state index contributed by atoms with van der Waals surface area (Å²) in [7, 11) is 1.70. The molecular formula is C16H18FN5O. The summed E-state index contributed by atoms with van der Waals surface area (Å²) >= 11 is 0. The molecule has 0 aliphatic rings. The summed E-state index contributed by atoms with van der Waals surface area (Å²) in [6.45, 7) is 0.381. The lowest BCUT2D eigenvalue weighted by Crippen LogP contribution is -2.42. The maximum Gasteiger partial charge on any atom is 0.239 e. The zero-order valence-corrected chi connectivity index (χ0v) is 12.7. The quantitative estimate of drug-likeness (QED) is 0.667. The molecule has 1 amide bonds. The summed E-state index contributed by atoms with van der Waals surface area (Å²) in [6.07, 6.45) is 3.61. The Hall–Kier alpha value is -2.67. The molecule has 3 rings (SSSR count). The molecule has 0 radical (unpaired) electrons. The molecule has 1 atom stereocenters. The second-order valence-electron chi connectivity index (χ2n) is 5.61. The van der Waals surface area contributed by atoms with E-state index < -0.39 is 6.04 Å². The van der Waals surface area contributed by atoms with E-state index in [0.29, 0.717) is 13.0 Å². The van der Waals surface area contributed by atoms with Crippen LogP contribution in [0.5, 0.6) is 0 Å². The first kappa shape index (κ1) is 15.2. The van der Waals surface area contributed by atoms with Crippen LogP contribution in [-0.2, 0) is 17.8 Å². The Kier molecular flexibility index (Phi) is 4.12. The average molecular weight is 315 g/mol. The summed E-state index contributed by atoms with van der Waals surface area (Å²) < 4.78 is 13.2. The standard InChI is InChI=1S/C16H18FN5O/c1-22(16(23)14(18)6-12-7-19-9-20-12)8-13-5-10-4-11(17)2-3-15(10)21-13/h2-5,7,9,14,21H,6,8,18H2,1H3,(H,19,20). The largest absolute Gasteiger partial charge is 0.357 e. The van der Waals surface area contributed by atoms with Crippen LogP contribution >= 0.6 is 0 Å². The van der Waals surface area contributed by atoms with Crippen LogP contribution in [0.15, 0.2) is 36.8 Å². The number of benzene rings is 1. The number of carbonyl (C=O) groups excluding carboxylic acids is 1. The maximum absolute atomic E-state index is 13.2.